The highest BCUT2D eigenvalue weighted by Crippen LogP contribution is 2.43. The second-order valence-electron chi connectivity index (χ2n) is 9.42. The molecule has 212 valence electrons. The van der Waals surface area contributed by atoms with E-state index in [9.17, 15) is 14.9 Å². The van der Waals surface area contributed by atoms with Crippen LogP contribution >= 0.6 is 0 Å². The van der Waals surface area contributed by atoms with Gasteiger partial charge < -0.3 is 18.9 Å². The van der Waals surface area contributed by atoms with Crippen LogP contribution in [0.5, 0.6) is 17.2 Å². The zero-order valence-electron chi connectivity index (χ0n) is 23.3. The number of nitrogens with zero attached hydrogens (tertiary/aromatic N) is 1. The van der Waals surface area contributed by atoms with E-state index in [1.807, 2.05) is 85.8 Å². The summed E-state index contributed by atoms with van der Waals surface area (Å²) in [5, 5.41) is 10.9. The molecule has 0 aromatic heterocycles. The van der Waals surface area contributed by atoms with Crippen LogP contribution in [0.2, 0.25) is 0 Å². The van der Waals surface area contributed by atoms with Gasteiger partial charge in [0.1, 0.15) is 22.8 Å². The van der Waals surface area contributed by atoms with Gasteiger partial charge in [-0.15, -0.1) is 0 Å². The molecule has 8 heteroatoms. The molecule has 0 amide bonds. The number of carbonyl (C=O) groups excluding carboxylic acids is 1. The minimum absolute atomic E-state index is 0.0708. The molecule has 4 aromatic carbocycles. The van der Waals surface area contributed by atoms with Gasteiger partial charge in [-0.25, -0.2) is 0 Å². The van der Waals surface area contributed by atoms with Gasteiger partial charge in [0, 0.05) is 18.6 Å². The van der Waals surface area contributed by atoms with Gasteiger partial charge in [-0.2, -0.15) is 0 Å². The average molecular weight is 556 g/mol. The van der Waals surface area contributed by atoms with Gasteiger partial charge in [0.15, 0.2) is 0 Å². The Kier molecular flexibility index (Phi) is 9.71. The topological polar surface area (TPSA) is 97.1 Å². The van der Waals surface area contributed by atoms with Crippen LogP contribution < -0.4 is 14.2 Å². The predicted octanol–water partition coefficient (Wildman–Crippen LogP) is 7.08. The number of esters is 1. The number of ether oxygens (including phenoxy) is 4. The fourth-order valence-electron chi connectivity index (χ4n) is 4.72. The van der Waals surface area contributed by atoms with E-state index in [-0.39, 0.29) is 24.0 Å². The minimum atomic E-state index is -0.997. The molecule has 0 fully saturated rings. The van der Waals surface area contributed by atoms with Gasteiger partial charge in [0.2, 0.25) is 0 Å². The van der Waals surface area contributed by atoms with Crippen molar-refractivity contribution in [3.8, 4) is 17.2 Å². The number of nitro benzene ring substituents is 1. The standard InChI is InChI=1S/C33H33NO7/c1-4-28(22-23-32(35)40-31-20-14-27(15-21-31)34(36)37)41-33(24-8-6-5-7-9-24,25-10-16-29(38-2)17-11-25)26-12-18-30(39-3)19-13-26/h5-21,28H,4,22-23H2,1-3H3. The van der Waals surface area contributed by atoms with E-state index in [1.54, 1.807) is 14.2 Å². The fraction of sp³-hybridized carbons (Fsp3) is 0.242. The first-order valence-corrected chi connectivity index (χ1v) is 13.4. The van der Waals surface area contributed by atoms with Crippen molar-refractivity contribution in [3.63, 3.8) is 0 Å². The first-order chi connectivity index (χ1) is 19.9. The molecular formula is C33H33NO7. The van der Waals surface area contributed by atoms with Crippen LogP contribution in [0.3, 0.4) is 0 Å². The lowest BCUT2D eigenvalue weighted by Gasteiger charge is -2.39. The first-order valence-electron chi connectivity index (χ1n) is 13.4. The Hall–Kier alpha value is -4.69. The highest BCUT2D eigenvalue weighted by atomic mass is 16.6. The van der Waals surface area contributed by atoms with E-state index in [2.05, 4.69) is 0 Å². The maximum atomic E-state index is 12.7. The molecule has 0 N–H and O–H groups in total. The zero-order chi connectivity index (χ0) is 29.2. The van der Waals surface area contributed by atoms with E-state index in [1.165, 1.54) is 24.3 Å². The van der Waals surface area contributed by atoms with Crippen molar-refractivity contribution >= 4 is 11.7 Å². The van der Waals surface area contributed by atoms with Crippen LogP contribution in [0.25, 0.3) is 0 Å². The second kappa shape index (κ2) is 13.6. The van der Waals surface area contributed by atoms with Crippen molar-refractivity contribution in [2.45, 2.75) is 37.9 Å². The molecule has 0 spiro atoms. The second-order valence-corrected chi connectivity index (χ2v) is 9.42. The highest BCUT2D eigenvalue weighted by Gasteiger charge is 2.40. The van der Waals surface area contributed by atoms with Crippen LogP contribution in [-0.2, 0) is 15.1 Å². The lowest BCUT2D eigenvalue weighted by Crippen LogP contribution is -2.37. The summed E-state index contributed by atoms with van der Waals surface area (Å²) in [6, 6.07) is 31.0. The summed E-state index contributed by atoms with van der Waals surface area (Å²) in [4.78, 5) is 23.1. The number of hydrogen-bond donors (Lipinski definition) is 0. The summed E-state index contributed by atoms with van der Waals surface area (Å²) in [5.41, 5.74) is 1.67. The fourth-order valence-corrected chi connectivity index (χ4v) is 4.72. The lowest BCUT2D eigenvalue weighted by atomic mass is 9.79. The van der Waals surface area contributed by atoms with Crippen molar-refractivity contribution in [2.75, 3.05) is 14.2 Å². The summed E-state index contributed by atoms with van der Waals surface area (Å²) in [6.45, 7) is 2.02. The summed E-state index contributed by atoms with van der Waals surface area (Å²) in [7, 11) is 3.25. The van der Waals surface area contributed by atoms with Crippen molar-refractivity contribution in [3.05, 3.63) is 130 Å². The van der Waals surface area contributed by atoms with E-state index in [4.69, 9.17) is 18.9 Å². The van der Waals surface area contributed by atoms with E-state index in [0.717, 1.165) is 28.2 Å². The Balaban J connectivity index is 1.65. The normalized spacial score (nSPS) is 11.9. The smallest absolute Gasteiger partial charge is 0.311 e. The molecule has 1 atom stereocenters. The molecule has 0 heterocycles. The predicted molar refractivity (Wildman–Crippen MR) is 155 cm³/mol. The van der Waals surface area contributed by atoms with Crippen molar-refractivity contribution < 1.29 is 28.7 Å². The molecule has 0 aliphatic carbocycles. The molecule has 0 bridgehead atoms. The van der Waals surface area contributed by atoms with Gasteiger partial charge in [-0.1, -0.05) is 61.5 Å². The van der Waals surface area contributed by atoms with Gasteiger partial charge in [-0.3, -0.25) is 14.9 Å². The van der Waals surface area contributed by atoms with Crippen molar-refractivity contribution in [1.82, 2.24) is 0 Å². The molecule has 41 heavy (non-hydrogen) atoms. The maximum absolute atomic E-state index is 12.7. The van der Waals surface area contributed by atoms with Crippen LogP contribution in [0.4, 0.5) is 5.69 Å². The first kappa shape index (κ1) is 29.3. The summed E-state index contributed by atoms with van der Waals surface area (Å²) < 4.78 is 23.3. The molecule has 8 nitrogen and oxygen atoms in total. The van der Waals surface area contributed by atoms with Gasteiger partial charge in [0.05, 0.1) is 25.2 Å². The van der Waals surface area contributed by atoms with E-state index < -0.39 is 16.5 Å². The van der Waals surface area contributed by atoms with Gasteiger partial charge in [-0.05, 0) is 65.9 Å². The Labute approximate surface area is 239 Å². The molecule has 0 saturated heterocycles. The third kappa shape index (κ3) is 6.91. The number of non-ortho nitro benzene ring substituents is 1. The summed E-state index contributed by atoms with van der Waals surface area (Å²) in [6.07, 6.45) is 0.837. The average Bonchev–Trinajstić information content (AvgIpc) is 3.02. The van der Waals surface area contributed by atoms with Crippen LogP contribution in [0.15, 0.2) is 103 Å². The van der Waals surface area contributed by atoms with E-state index in [0.29, 0.717) is 12.8 Å². The molecule has 1 unspecified atom stereocenters. The lowest BCUT2D eigenvalue weighted by molar-refractivity contribution is -0.384. The molecule has 0 aliphatic heterocycles. The van der Waals surface area contributed by atoms with Crippen molar-refractivity contribution in [2.24, 2.45) is 0 Å². The number of benzene rings is 4. The third-order valence-corrected chi connectivity index (χ3v) is 6.92. The number of rotatable bonds is 13. The van der Waals surface area contributed by atoms with Crippen molar-refractivity contribution in [1.29, 1.82) is 0 Å². The van der Waals surface area contributed by atoms with Crippen LogP contribution in [0, 0.1) is 10.1 Å². The largest absolute Gasteiger partial charge is 0.497 e. The van der Waals surface area contributed by atoms with Gasteiger partial charge in [0.25, 0.3) is 5.69 Å². The quantitative estimate of drug-likeness (QED) is 0.0571. The summed E-state index contributed by atoms with van der Waals surface area (Å²) in [5.74, 6) is 1.27. The number of hydrogen-bond acceptors (Lipinski definition) is 7. The Morgan fingerprint density at radius 1 is 0.756 bits per heavy atom. The number of carbonyl (C=O) groups is 1. The zero-order valence-corrected chi connectivity index (χ0v) is 23.3. The Bertz CT molecular complexity index is 1370. The Morgan fingerprint density at radius 2 is 1.24 bits per heavy atom. The SMILES string of the molecule is CCC(CCC(=O)Oc1ccc([N+](=O)[O-])cc1)OC(c1ccccc1)(c1ccc(OC)cc1)c1ccc(OC)cc1. The molecule has 4 rings (SSSR count). The molecule has 4 aromatic rings. The van der Waals surface area contributed by atoms with E-state index >= 15 is 0 Å². The summed E-state index contributed by atoms with van der Waals surface area (Å²) >= 11 is 0. The van der Waals surface area contributed by atoms with Crippen LogP contribution in [-0.4, -0.2) is 31.2 Å². The highest BCUT2D eigenvalue weighted by molar-refractivity contribution is 5.72. The molecule has 0 saturated carbocycles. The maximum Gasteiger partial charge on any atom is 0.311 e. The van der Waals surface area contributed by atoms with Crippen LogP contribution in [0.1, 0.15) is 42.9 Å². The molecule has 0 radical (unpaired) electrons. The monoisotopic (exact) mass is 555 g/mol. The number of methoxy groups -OCH3 is 2. The number of nitro groups is 1. The molecule has 0 aliphatic rings. The molecular weight excluding hydrogens is 522 g/mol. The van der Waals surface area contributed by atoms with Gasteiger partial charge >= 0.3 is 5.97 Å². The Morgan fingerprint density at radius 3 is 1.71 bits per heavy atom. The minimum Gasteiger partial charge on any atom is -0.497 e. The third-order valence-electron chi connectivity index (χ3n) is 6.92.